The lowest BCUT2D eigenvalue weighted by atomic mass is 10.1. The molecule has 0 aromatic heterocycles. The molecule has 2 aromatic carbocycles. The smallest absolute Gasteiger partial charge is 0.356 e. The molecule has 2 N–H and O–H groups in total. The molecule has 2 heterocycles. The summed E-state index contributed by atoms with van der Waals surface area (Å²) in [5, 5.41) is 5.48. The highest BCUT2D eigenvalue weighted by Crippen LogP contribution is 2.37. The Balaban J connectivity index is 1.55. The van der Waals surface area contributed by atoms with Gasteiger partial charge in [0.1, 0.15) is 6.04 Å². The summed E-state index contributed by atoms with van der Waals surface area (Å²) in [7, 11) is 0. The third kappa shape index (κ3) is 3.11. The van der Waals surface area contributed by atoms with Gasteiger partial charge in [0.15, 0.2) is 0 Å². The first-order chi connectivity index (χ1) is 12.8. The lowest BCUT2D eigenvalue weighted by Crippen LogP contribution is -2.44. The van der Waals surface area contributed by atoms with Crippen LogP contribution in [0.2, 0.25) is 0 Å². The number of hydrogen-bond acceptors (Lipinski definition) is 3. The van der Waals surface area contributed by atoms with Crippen LogP contribution in [0.1, 0.15) is 22.3 Å². The number of rotatable bonds is 2. The van der Waals surface area contributed by atoms with Crippen molar-refractivity contribution < 1.29 is 22.8 Å². The second-order valence-electron chi connectivity index (χ2n) is 6.62. The molecule has 0 aliphatic carbocycles. The van der Waals surface area contributed by atoms with Crippen LogP contribution in [0.15, 0.2) is 48.5 Å². The van der Waals surface area contributed by atoms with Gasteiger partial charge in [-0.1, -0.05) is 24.3 Å². The molecule has 5 nitrogen and oxygen atoms in total. The number of nitrogens with zero attached hydrogens (tertiary/aromatic N) is 1. The van der Waals surface area contributed by atoms with Crippen molar-refractivity contribution in [1.29, 1.82) is 0 Å². The van der Waals surface area contributed by atoms with Crippen LogP contribution in [0.3, 0.4) is 0 Å². The van der Waals surface area contributed by atoms with Crippen molar-refractivity contribution in [3.63, 3.8) is 0 Å². The average Bonchev–Trinajstić information content (AvgIpc) is 3.06. The number of halogens is 3. The van der Waals surface area contributed by atoms with Crippen molar-refractivity contribution in [2.75, 3.05) is 16.8 Å². The molecule has 140 valence electrons. The minimum atomic E-state index is -4.61. The largest absolute Gasteiger partial charge is 0.417 e. The number of para-hydroxylation sites is 2. The van der Waals surface area contributed by atoms with E-state index in [1.807, 2.05) is 23.1 Å². The van der Waals surface area contributed by atoms with Crippen LogP contribution in [0.4, 0.5) is 24.5 Å². The van der Waals surface area contributed by atoms with E-state index in [1.54, 1.807) is 6.07 Å². The molecular formula is C19H16F3N3O2. The van der Waals surface area contributed by atoms with Gasteiger partial charge in [0, 0.05) is 12.6 Å². The van der Waals surface area contributed by atoms with Gasteiger partial charge in [0.05, 0.1) is 22.5 Å². The minimum absolute atomic E-state index is 0.179. The third-order valence-electron chi connectivity index (χ3n) is 4.89. The lowest BCUT2D eigenvalue weighted by Gasteiger charge is -2.32. The number of fused-ring (bicyclic) bond motifs is 3. The Morgan fingerprint density at radius 1 is 1.11 bits per heavy atom. The van der Waals surface area contributed by atoms with E-state index in [0.29, 0.717) is 18.7 Å². The van der Waals surface area contributed by atoms with Crippen LogP contribution >= 0.6 is 0 Å². The summed E-state index contributed by atoms with van der Waals surface area (Å²) in [6, 6.07) is 11.1. The van der Waals surface area contributed by atoms with E-state index in [1.165, 1.54) is 12.1 Å². The zero-order valence-electron chi connectivity index (χ0n) is 14.1. The summed E-state index contributed by atoms with van der Waals surface area (Å²) in [4.78, 5) is 26.7. The first-order valence-corrected chi connectivity index (χ1v) is 8.48. The third-order valence-corrected chi connectivity index (χ3v) is 4.89. The standard InChI is InChI=1S/C19H16F3N3O2/c20-19(21,22)13-6-2-1-5-12(13)17(26)23-11-9-16-18(27)24-14-7-3-4-8-15(14)25(16)10-11/h1-8,11,16H,9-10H2,(H,23,26)(H,24,27)/t11-,16+/m1/s1. The van der Waals surface area contributed by atoms with Gasteiger partial charge < -0.3 is 15.5 Å². The van der Waals surface area contributed by atoms with Crippen molar-refractivity contribution in [1.82, 2.24) is 5.32 Å². The SMILES string of the molecule is O=C(N[C@@H]1C[C@H]2C(=O)Nc3ccccc3N2C1)c1ccccc1C(F)(F)F. The quantitative estimate of drug-likeness (QED) is 0.848. The molecule has 2 aliphatic heterocycles. The van der Waals surface area contributed by atoms with Crippen molar-refractivity contribution in [3.8, 4) is 0 Å². The Morgan fingerprint density at radius 2 is 1.81 bits per heavy atom. The van der Waals surface area contributed by atoms with Crippen LogP contribution in [0, 0.1) is 0 Å². The van der Waals surface area contributed by atoms with Gasteiger partial charge in [-0.3, -0.25) is 9.59 Å². The highest BCUT2D eigenvalue weighted by Gasteiger charge is 2.42. The summed E-state index contributed by atoms with van der Waals surface area (Å²) >= 11 is 0. The van der Waals surface area contributed by atoms with E-state index in [0.717, 1.165) is 17.8 Å². The first-order valence-electron chi connectivity index (χ1n) is 8.48. The fraction of sp³-hybridized carbons (Fsp3) is 0.263. The number of anilines is 2. The van der Waals surface area contributed by atoms with E-state index in [9.17, 15) is 22.8 Å². The van der Waals surface area contributed by atoms with Crippen LogP contribution in [0.25, 0.3) is 0 Å². The molecular weight excluding hydrogens is 359 g/mol. The fourth-order valence-electron chi connectivity index (χ4n) is 3.69. The number of benzene rings is 2. The van der Waals surface area contributed by atoms with Gasteiger partial charge in [0.2, 0.25) is 5.91 Å². The Morgan fingerprint density at radius 3 is 2.59 bits per heavy atom. The number of hydrogen-bond donors (Lipinski definition) is 2. The molecule has 2 aliphatic rings. The van der Waals surface area contributed by atoms with Crippen molar-refractivity contribution >= 4 is 23.2 Å². The number of nitrogens with one attached hydrogen (secondary N) is 2. The predicted molar refractivity (Wildman–Crippen MR) is 93.5 cm³/mol. The number of amides is 2. The van der Waals surface area contributed by atoms with Gasteiger partial charge in [-0.25, -0.2) is 0 Å². The van der Waals surface area contributed by atoms with Crippen LogP contribution in [0.5, 0.6) is 0 Å². The molecule has 2 amide bonds. The topological polar surface area (TPSA) is 61.4 Å². The Hall–Kier alpha value is -3.03. The number of carbonyl (C=O) groups is 2. The van der Waals surface area contributed by atoms with Crippen LogP contribution in [-0.4, -0.2) is 30.4 Å². The van der Waals surface area contributed by atoms with E-state index >= 15 is 0 Å². The summed E-state index contributed by atoms with van der Waals surface area (Å²) < 4.78 is 39.4. The molecule has 1 saturated heterocycles. The van der Waals surface area contributed by atoms with Crippen molar-refractivity contribution in [2.24, 2.45) is 0 Å². The van der Waals surface area contributed by atoms with Crippen LogP contribution < -0.4 is 15.5 Å². The maximum Gasteiger partial charge on any atom is 0.417 e. The van der Waals surface area contributed by atoms with E-state index in [4.69, 9.17) is 0 Å². The van der Waals surface area contributed by atoms with Gasteiger partial charge >= 0.3 is 6.18 Å². The molecule has 0 bridgehead atoms. The molecule has 27 heavy (non-hydrogen) atoms. The van der Waals surface area contributed by atoms with Gasteiger partial charge in [0.25, 0.3) is 5.91 Å². The molecule has 8 heteroatoms. The van der Waals surface area contributed by atoms with Crippen LogP contribution in [-0.2, 0) is 11.0 Å². The molecule has 2 atom stereocenters. The monoisotopic (exact) mass is 375 g/mol. The second kappa shape index (κ2) is 6.29. The molecule has 2 aromatic rings. The molecule has 0 spiro atoms. The molecule has 0 radical (unpaired) electrons. The van der Waals surface area contributed by atoms with Crippen molar-refractivity contribution in [3.05, 3.63) is 59.7 Å². The van der Waals surface area contributed by atoms with Gasteiger partial charge in [-0.2, -0.15) is 13.2 Å². The first kappa shape index (κ1) is 17.4. The average molecular weight is 375 g/mol. The van der Waals surface area contributed by atoms with Crippen molar-refractivity contribution in [2.45, 2.75) is 24.7 Å². The summed E-state index contributed by atoms with van der Waals surface area (Å²) in [6.45, 7) is 0.356. The van der Waals surface area contributed by atoms with E-state index in [2.05, 4.69) is 10.6 Å². The lowest BCUT2D eigenvalue weighted by molar-refractivity contribution is -0.138. The fourth-order valence-corrected chi connectivity index (χ4v) is 3.69. The van der Waals surface area contributed by atoms with E-state index in [-0.39, 0.29) is 5.91 Å². The summed E-state index contributed by atoms with van der Waals surface area (Å²) in [6.07, 6.45) is -4.28. The maximum atomic E-state index is 13.1. The predicted octanol–water partition coefficient (Wildman–Crippen LogP) is 3.03. The summed E-state index contributed by atoms with van der Waals surface area (Å²) in [5.41, 5.74) is 0.142. The Kier molecular flexibility index (Phi) is 4.05. The normalized spacial score (nSPS) is 21.3. The molecule has 4 rings (SSSR count). The zero-order valence-corrected chi connectivity index (χ0v) is 14.1. The highest BCUT2D eigenvalue weighted by molar-refractivity contribution is 6.04. The number of carbonyl (C=O) groups excluding carboxylic acids is 2. The Bertz CT molecular complexity index is 913. The number of alkyl halides is 3. The zero-order chi connectivity index (χ0) is 19.2. The van der Waals surface area contributed by atoms with E-state index < -0.39 is 35.3 Å². The van der Waals surface area contributed by atoms with Gasteiger partial charge in [-0.15, -0.1) is 0 Å². The molecule has 0 unspecified atom stereocenters. The molecule has 1 fully saturated rings. The van der Waals surface area contributed by atoms with Gasteiger partial charge in [-0.05, 0) is 30.7 Å². The second-order valence-corrected chi connectivity index (χ2v) is 6.62. The Labute approximate surface area is 153 Å². The summed E-state index contributed by atoms with van der Waals surface area (Å²) in [5.74, 6) is -0.970. The molecule has 0 saturated carbocycles. The highest BCUT2D eigenvalue weighted by atomic mass is 19.4. The maximum absolute atomic E-state index is 13.1. The minimum Gasteiger partial charge on any atom is -0.356 e.